The normalized spacial score (nSPS) is 20.8. The smallest absolute Gasteiger partial charge is 0.232 e. The van der Waals surface area contributed by atoms with Crippen LogP contribution in [0, 0.1) is 5.92 Å². The minimum atomic E-state index is -3.39. The Labute approximate surface area is 223 Å². The molecule has 2 aliphatic rings. The second-order valence-electron chi connectivity index (χ2n) is 11.2. The van der Waals surface area contributed by atoms with Gasteiger partial charge in [0.25, 0.3) is 0 Å². The van der Waals surface area contributed by atoms with E-state index in [0.717, 1.165) is 54.1 Å². The summed E-state index contributed by atoms with van der Waals surface area (Å²) in [5.41, 5.74) is 5.85. The standard InChI is InChI=1S/C28H41N3O4S2/c1-19(2)25-11-9-21(17-27(25)29(4)36(6,32)33)23-15-22(16-23)20(3)26-12-10-24(31-13-8-14-31)18-28(26)30(5)37(7,34)35/h9-12,17-20,22-23H,8,13-16H2,1-7H3. The molecule has 0 N–H and O–H groups in total. The molecule has 7 nitrogen and oxygen atoms in total. The summed E-state index contributed by atoms with van der Waals surface area (Å²) in [5, 5.41) is 0. The number of anilines is 3. The van der Waals surface area contributed by atoms with Gasteiger partial charge < -0.3 is 4.90 Å². The van der Waals surface area contributed by atoms with Crippen molar-refractivity contribution in [2.45, 2.75) is 57.8 Å². The Kier molecular flexibility index (Phi) is 7.60. The van der Waals surface area contributed by atoms with E-state index in [2.05, 4.69) is 49.9 Å². The van der Waals surface area contributed by atoms with Crippen molar-refractivity contribution in [2.75, 3.05) is 53.2 Å². The Morgan fingerprint density at radius 3 is 1.84 bits per heavy atom. The zero-order chi connectivity index (χ0) is 27.3. The Morgan fingerprint density at radius 2 is 1.35 bits per heavy atom. The van der Waals surface area contributed by atoms with Crippen molar-refractivity contribution in [2.24, 2.45) is 5.92 Å². The molecule has 37 heavy (non-hydrogen) atoms. The molecule has 4 rings (SSSR count). The third-order valence-electron chi connectivity index (χ3n) is 8.43. The predicted octanol–water partition coefficient (Wildman–Crippen LogP) is 5.11. The van der Waals surface area contributed by atoms with Crippen LogP contribution in [0.3, 0.4) is 0 Å². The maximum Gasteiger partial charge on any atom is 0.232 e. The van der Waals surface area contributed by atoms with Crippen molar-refractivity contribution in [3.8, 4) is 0 Å². The van der Waals surface area contributed by atoms with Gasteiger partial charge >= 0.3 is 0 Å². The first-order chi connectivity index (χ1) is 17.2. The van der Waals surface area contributed by atoms with Gasteiger partial charge in [-0.25, -0.2) is 16.8 Å². The third kappa shape index (κ3) is 5.62. The molecular weight excluding hydrogens is 506 g/mol. The molecule has 2 aromatic carbocycles. The van der Waals surface area contributed by atoms with E-state index >= 15 is 0 Å². The number of rotatable bonds is 9. The highest BCUT2D eigenvalue weighted by atomic mass is 32.2. The topological polar surface area (TPSA) is 78.0 Å². The van der Waals surface area contributed by atoms with Crippen LogP contribution in [-0.2, 0) is 20.0 Å². The van der Waals surface area contributed by atoms with Gasteiger partial charge in [0, 0.05) is 32.9 Å². The summed E-state index contributed by atoms with van der Waals surface area (Å²) < 4.78 is 52.3. The monoisotopic (exact) mass is 547 g/mol. The quantitative estimate of drug-likeness (QED) is 0.436. The second-order valence-corrected chi connectivity index (χ2v) is 15.3. The minimum Gasteiger partial charge on any atom is -0.371 e. The number of nitrogens with zero attached hydrogens (tertiary/aromatic N) is 3. The molecule has 0 aromatic heterocycles. The number of sulfonamides is 2. The molecule has 2 aromatic rings. The molecule has 1 atom stereocenters. The van der Waals surface area contributed by atoms with Crippen LogP contribution in [-0.4, -0.2) is 56.5 Å². The summed E-state index contributed by atoms with van der Waals surface area (Å²) in [6.45, 7) is 8.37. The first kappa shape index (κ1) is 27.8. The van der Waals surface area contributed by atoms with E-state index in [1.165, 1.54) is 33.1 Å². The van der Waals surface area contributed by atoms with Crippen molar-refractivity contribution in [1.82, 2.24) is 0 Å². The number of hydrogen-bond acceptors (Lipinski definition) is 5. The molecule has 0 bridgehead atoms. The Balaban J connectivity index is 1.57. The highest BCUT2D eigenvalue weighted by molar-refractivity contribution is 7.92. The van der Waals surface area contributed by atoms with Gasteiger partial charge in [0.05, 0.1) is 23.9 Å². The van der Waals surface area contributed by atoms with Crippen LogP contribution < -0.4 is 13.5 Å². The first-order valence-electron chi connectivity index (χ1n) is 13.1. The predicted molar refractivity (Wildman–Crippen MR) is 154 cm³/mol. The maximum atomic E-state index is 12.5. The van der Waals surface area contributed by atoms with Crippen molar-refractivity contribution < 1.29 is 16.8 Å². The zero-order valence-corrected chi connectivity index (χ0v) is 24.7. The molecule has 1 aliphatic carbocycles. The molecule has 9 heteroatoms. The van der Waals surface area contributed by atoms with Gasteiger partial charge in [-0.05, 0) is 77.8 Å². The Hall–Kier alpha value is -2.26. The molecule has 2 fully saturated rings. The van der Waals surface area contributed by atoms with Crippen LogP contribution >= 0.6 is 0 Å². The lowest BCUT2D eigenvalue weighted by molar-refractivity contribution is 0.228. The second kappa shape index (κ2) is 10.1. The van der Waals surface area contributed by atoms with Crippen molar-refractivity contribution >= 4 is 37.1 Å². The average molecular weight is 548 g/mol. The van der Waals surface area contributed by atoms with Crippen LogP contribution in [0.2, 0.25) is 0 Å². The van der Waals surface area contributed by atoms with E-state index in [9.17, 15) is 16.8 Å². The van der Waals surface area contributed by atoms with E-state index in [1.807, 2.05) is 12.1 Å². The van der Waals surface area contributed by atoms with Crippen molar-refractivity contribution in [1.29, 1.82) is 0 Å². The van der Waals surface area contributed by atoms with Crippen LogP contribution in [0.4, 0.5) is 17.1 Å². The van der Waals surface area contributed by atoms with Gasteiger partial charge in [-0.3, -0.25) is 8.61 Å². The van der Waals surface area contributed by atoms with Gasteiger partial charge in [-0.2, -0.15) is 0 Å². The van der Waals surface area contributed by atoms with Gasteiger partial charge in [-0.15, -0.1) is 0 Å². The van der Waals surface area contributed by atoms with Crippen molar-refractivity contribution in [3.63, 3.8) is 0 Å². The van der Waals surface area contributed by atoms with E-state index in [4.69, 9.17) is 0 Å². The fourth-order valence-corrected chi connectivity index (χ4v) is 6.52. The number of benzene rings is 2. The lowest BCUT2D eigenvalue weighted by Crippen LogP contribution is -2.37. The molecule has 1 aliphatic heterocycles. The van der Waals surface area contributed by atoms with Gasteiger partial charge in [0.15, 0.2) is 0 Å². The maximum absolute atomic E-state index is 12.5. The molecule has 0 amide bonds. The van der Waals surface area contributed by atoms with Gasteiger partial charge in [0.2, 0.25) is 20.0 Å². The average Bonchev–Trinajstić information content (AvgIpc) is 2.74. The minimum absolute atomic E-state index is 0.203. The highest BCUT2D eigenvalue weighted by Crippen LogP contribution is 2.51. The van der Waals surface area contributed by atoms with Crippen LogP contribution in [0.5, 0.6) is 0 Å². The van der Waals surface area contributed by atoms with E-state index in [0.29, 0.717) is 11.8 Å². The molecular formula is C28H41N3O4S2. The van der Waals surface area contributed by atoms with Crippen LogP contribution in [0.1, 0.15) is 74.5 Å². The van der Waals surface area contributed by atoms with Crippen molar-refractivity contribution in [3.05, 3.63) is 53.1 Å². The fraction of sp³-hybridized carbons (Fsp3) is 0.571. The molecule has 0 spiro atoms. The lowest BCUT2D eigenvalue weighted by Gasteiger charge is -2.41. The molecule has 1 unspecified atom stereocenters. The molecule has 1 saturated carbocycles. The summed E-state index contributed by atoms with van der Waals surface area (Å²) >= 11 is 0. The Morgan fingerprint density at radius 1 is 0.811 bits per heavy atom. The molecule has 1 saturated heterocycles. The van der Waals surface area contributed by atoms with Gasteiger partial charge in [0.1, 0.15) is 0 Å². The largest absolute Gasteiger partial charge is 0.371 e. The van der Waals surface area contributed by atoms with E-state index < -0.39 is 20.0 Å². The van der Waals surface area contributed by atoms with Gasteiger partial charge in [-0.1, -0.05) is 39.0 Å². The molecule has 1 heterocycles. The summed E-state index contributed by atoms with van der Waals surface area (Å²) in [5.74, 6) is 1.20. The lowest BCUT2D eigenvalue weighted by atomic mass is 9.65. The zero-order valence-electron chi connectivity index (χ0n) is 23.1. The van der Waals surface area contributed by atoms with E-state index in [-0.39, 0.29) is 11.8 Å². The van der Waals surface area contributed by atoms with Crippen LogP contribution in [0.25, 0.3) is 0 Å². The SMILES string of the molecule is CC(C)c1ccc(C2CC(C(C)c3ccc(N4CCC4)cc3N(C)S(C)(=O)=O)C2)cc1N(C)S(C)(=O)=O. The molecule has 0 radical (unpaired) electrons. The summed E-state index contributed by atoms with van der Waals surface area (Å²) in [7, 11) is -3.49. The first-order valence-corrected chi connectivity index (χ1v) is 16.8. The van der Waals surface area contributed by atoms with E-state index in [1.54, 1.807) is 14.1 Å². The summed E-state index contributed by atoms with van der Waals surface area (Å²) in [6, 6.07) is 12.5. The highest BCUT2D eigenvalue weighted by Gasteiger charge is 2.37. The fourth-order valence-electron chi connectivity index (χ4n) is 5.49. The summed E-state index contributed by atoms with van der Waals surface area (Å²) in [4.78, 5) is 2.28. The Bertz CT molecular complexity index is 1360. The number of hydrogen-bond donors (Lipinski definition) is 0. The molecule has 204 valence electrons. The summed E-state index contributed by atoms with van der Waals surface area (Å²) in [6.07, 6.45) is 5.63. The third-order valence-corrected chi connectivity index (χ3v) is 10.8. The van der Waals surface area contributed by atoms with Crippen LogP contribution in [0.15, 0.2) is 36.4 Å².